The van der Waals surface area contributed by atoms with Crippen LogP contribution < -0.4 is 5.32 Å². The predicted molar refractivity (Wildman–Crippen MR) is 120 cm³/mol. The van der Waals surface area contributed by atoms with Crippen molar-refractivity contribution in [3.05, 3.63) is 65.2 Å². The Bertz CT molecular complexity index is 1040. The van der Waals surface area contributed by atoms with Gasteiger partial charge in [-0.2, -0.15) is 0 Å². The number of carbonyl (C=O) groups is 2. The number of hydrogen-bond acceptors (Lipinski definition) is 5. The maximum absolute atomic E-state index is 12.9. The largest absolute Gasteiger partial charge is 0.372 e. The number of carbonyl (C=O) groups excluding carboxylic acids is 2. The summed E-state index contributed by atoms with van der Waals surface area (Å²) < 4.78 is 30.8. The normalized spacial score (nSPS) is 19.1. The van der Waals surface area contributed by atoms with E-state index in [1.165, 1.54) is 0 Å². The van der Waals surface area contributed by atoms with Gasteiger partial charge in [0, 0.05) is 24.3 Å². The molecule has 3 rings (SSSR count). The van der Waals surface area contributed by atoms with Crippen molar-refractivity contribution in [2.45, 2.75) is 38.7 Å². The van der Waals surface area contributed by atoms with Gasteiger partial charge in [0.25, 0.3) is 5.91 Å². The van der Waals surface area contributed by atoms with Crippen molar-refractivity contribution in [2.75, 3.05) is 24.2 Å². The molecular weight excluding hydrogens is 416 g/mol. The molecule has 2 aromatic rings. The van der Waals surface area contributed by atoms with E-state index in [1.54, 1.807) is 41.3 Å². The van der Waals surface area contributed by atoms with Crippen LogP contribution in [-0.4, -0.2) is 56.2 Å². The molecule has 2 unspecified atom stereocenters. The Kier molecular flexibility index (Phi) is 7.12. The first kappa shape index (κ1) is 23.0. The minimum atomic E-state index is -3.70. The maximum atomic E-state index is 12.9. The molecule has 1 aliphatic heterocycles. The Morgan fingerprint density at radius 2 is 1.71 bits per heavy atom. The molecular formula is C23H28N2O5S. The SMILES string of the molecule is Cc1ccc(NC(=O)CS(=O)(=O)Cc2cccc(C(=O)N3CC(C)OC(C)C3)c2)cc1. The van der Waals surface area contributed by atoms with Crippen LogP contribution in [0.3, 0.4) is 0 Å². The molecule has 1 N–H and O–H groups in total. The van der Waals surface area contributed by atoms with E-state index in [0.29, 0.717) is 29.9 Å². The third kappa shape index (κ3) is 6.63. The van der Waals surface area contributed by atoms with Gasteiger partial charge < -0.3 is 15.0 Å². The van der Waals surface area contributed by atoms with Gasteiger partial charge in [-0.05, 0) is 50.6 Å². The molecule has 0 aromatic heterocycles. The van der Waals surface area contributed by atoms with E-state index >= 15 is 0 Å². The zero-order valence-corrected chi connectivity index (χ0v) is 18.8. The van der Waals surface area contributed by atoms with Crippen molar-refractivity contribution in [3.8, 4) is 0 Å². The number of nitrogens with one attached hydrogen (secondary N) is 1. The molecule has 31 heavy (non-hydrogen) atoms. The fourth-order valence-electron chi connectivity index (χ4n) is 3.66. The fourth-order valence-corrected chi connectivity index (χ4v) is 4.92. The van der Waals surface area contributed by atoms with Gasteiger partial charge in [-0.25, -0.2) is 8.42 Å². The predicted octanol–water partition coefficient (Wildman–Crippen LogP) is 2.80. The first-order valence-corrected chi connectivity index (χ1v) is 12.0. The van der Waals surface area contributed by atoms with Gasteiger partial charge in [-0.3, -0.25) is 9.59 Å². The second-order valence-electron chi connectivity index (χ2n) is 8.11. The number of nitrogens with zero attached hydrogens (tertiary/aromatic N) is 1. The summed E-state index contributed by atoms with van der Waals surface area (Å²) in [5, 5.41) is 2.60. The molecule has 166 valence electrons. The minimum Gasteiger partial charge on any atom is -0.372 e. The Hall–Kier alpha value is -2.71. The third-order valence-electron chi connectivity index (χ3n) is 4.95. The molecule has 2 atom stereocenters. The quantitative estimate of drug-likeness (QED) is 0.740. The van der Waals surface area contributed by atoms with Gasteiger partial charge in [0.2, 0.25) is 5.91 Å². The average molecular weight is 445 g/mol. The first-order valence-electron chi connectivity index (χ1n) is 10.2. The molecule has 0 aliphatic carbocycles. The van der Waals surface area contributed by atoms with E-state index in [2.05, 4.69) is 5.32 Å². The van der Waals surface area contributed by atoms with E-state index in [9.17, 15) is 18.0 Å². The molecule has 0 saturated carbocycles. The zero-order chi connectivity index (χ0) is 22.6. The van der Waals surface area contributed by atoms with Crippen molar-refractivity contribution in [2.24, 2.45) is 0 Å². The van der Waals surface area contributed by atoms with E-state index in [1.807, 2.05) is 32.9 Å². The van der Waals surface area contributed by atoms with Gasteiger partial charge in [0.1, 0.15) is 5.75 Å². The van der Waals surface area contributed by atoms with Gasteiger partial charge in [-0.1, -0.05) is 29.8 Å². The Labute approximate surface area is 183 Å². The van der Waals surface area contributed by atoms with Crippen LogP contribution in [0, 0.1) is 6.92 Å². The second-order valence-corrected chi connectivity index (χ2v) is 10.2. The van der Waals surface area contributed by atoms with Crippen molar-refractivity contribution in [1.82, 2.24) is 4.90 Å². The number of hydrogen-bond donors (Lipinski definition) is 1. The number of benzene rings is 2. The van der Waals surface area contributed by atoms with E-state index in [-0.39, 0.29) is 23.9 Å². The smallest absolute Gasteiger partial charge is 0.254 e. The summed E-state index contributed by atoms with van der Waals surface area (Å²) in [6.07, 6.45) is -0.105. The van der Waals surface area contributed by atoms with Crippen LogP contribution in [0.25, 0.3) is 0 Å². The molecule has 1 heterocycles. The summed E-state index contributed by atoms with van der Waals surface area (Å²) in [4.78, 5) is 26.8. The number of sulfone groups is 1. The van der Waals surface area contributed by atoms with E-state index in [0.717, 1.165) is 5.56 Å². The highest BCUT2D eigenvalue weighted by Crippen LogP contribution is 2.17. The van der Waals surface area contributed by atoms with Crippen molar-refractivity contribution in [3.63, 3.8) is 0 Å². The Balaban J connectivity index is 1.64. The number of ether oxygens (including phenoxy) is 1. The molecule has 1 aliphatic rings. The molecule has 8 heteroatoms. The third-order valence-corrected chi connectivity index (χ3v) is 6.43. The molecule has 1 saturated heterocycles. The Morgan fingerprint density at radius 3 is 2.35 bits per heavy atom. The summed E-state index contributed by atoms with van der Waals surface area (Å²) >= 11 is 0. The lowest BCUT2D eigenvalue weighted by Gasteiger charge is -2.35. The van der Waals surface area contributed by atoms with Gasteiger partial charge in [-0.15, -0.1) is 0 Å². The lowest BCUT2D eigenvalue weighted by atomic mass is 10.1. The molecule has 2 aromatic carbocycles. The van der Waals surface area contributed by atoms with Crippen LogP contribution >= 0.6 is 0 Å². The second kappa shape index (κ2) is 9.62. The highest BCUT2D eigenvalue weighted by molar-refractivity contribution is 7.91. The summed E-state index contributed by atoms with van der Waals surface area (Å²) in [5.74, 6) is -1.69. The van der Waals surface area contributed by atoms with Crippen LogP contribution in [0.1, 0.15) is 35.3 Å². The lowest BCUT2D eigenvalue weighted by Crippen LogP contribution is -2.48. The van der Waals surface area contributed by atoms with Gasteiger partial charge in [0.05, 0.1) is 18.0 Å². The van der Waals surface area contributed by atoms with Crippen LogP contribution in [0.4, 0.5) is 5.69 Å². The number of aryl methyl sites for hydroxylation is 1. The molecule has 2 amide bonds. The molecule has 0 bridgehead atoms. The van der Waals surface area contributed by atoms with E-state index < -0.39 is 21.5 Å². The summed E-state index contributed by atoms with van der Waals surface area (Å²) in [5.41, 5.74) is 2.50. The van der Waals surface area contributed by atoms with Crippen molar-refractivity contribution < 1.29 is 22.7 Å². The topological polar surface area (TPSA) is 92.8 Å². The van der Waals surface area contributed by atoms with Crippen LogP contribution in [0.15, 0.2) is 48.5 Å². The highest BCUT2D eigenvalue weighted by atomic mass is 32.2. The monoisotopic (exact) mass is 444 g/mol. The zero-order valence-electron chi connectivity index (χ0n) is 18.0. The molecule has 1 fully saturated rings. The fraction of sp³-hybridized carbons (Fsp3) is 0.391. The first-order chi connectivity index (χ1) is 14.6. The van der Waals surface area contributed by atoms with Crippen molar-refractivity contribution >= 4 is 27.3 Å². The standard InChI is InChI=1S/C23H28N2O5S/c1-16-7-9-21(10-8-16)24-22(26)15-31(28,29)14-19-5-4-6-20(11-19)23(27)25-12-17(2)30-18(3)13-25/h4-11,17-18H,12-15H2,1-3H3,(H,24,26). The van der Waals surface area contributed by atoms with Crippen LogP contribution in [0.5, 0.6) is 0 Å². The molecule has 0 radical (unpaired) electrons. The Morgan fingerprint density at radius 1 is 1.06 bits per heavy atom. The summed E-state index contributed by atoms with van der Waals surface area (Å²) in [7, 11) is -3.70. The number of morpholine rings is 1. The average Bonchev–Trinajstić information content (AvgIpc) is 2.67. The minimum absolute atomic E-state index is 0.0525. The molecule has 0 spiro atoms. The van der Waals surface area contributed by atoms with E-state index in [4.69, 9.17) is 4.74 Å². The van der Waals surface area contributed by atoms with Crippen LogP contribution in [-0.2, 0) is 25.1 Å². The summed E-state index contributed by atoms with van der Waals surface area (Å²) in [6.45, 7) is 6.74. The number of rotatable bonds is 6. The van der Waals surface area contributed by atoms with Crippen molar-refractivity contribution in [1.29, 1.82) is 0 Å². The van der Waals surface area contributed by atoms with Gasteiger partial charge in [0.15, 0.2) is 9.84 Å². The lowest BCUT2D eigenvalue weighted by molar-refractivity contribution is -0.113. The van der Waals surface area contributed by atoms with Crippen LogP contribution in [0.2, 0.25) is 0 Å². The number of amides is 2. The number of anilines is 1. The van der Waals surface area contributed by atoms with Gasteiger partial charge >= 0.3 is 0 Å². The highest BCUT2D eigenvalue weighted by Gasteiger charge is 2.27. The summed E-state index contributed by atoms with van der Waals surface area (Å²) in [6, 6.07) is 13.7. The molecule has 7 nitrogen and oxygen atoms in total. The maximum Gasteiger partial charge on any atom is 0.254 e.